The minimum atomic E-state index is -0.387. The highest BCUT2D eigenvalue weighted by molar-refractivity contribution is 6.30. The van der Waals surface area contributed by atoms with Gasteiger partial charge in [0.15, 0.2) is 5.82 Å². The van der Waals surface area contributed by atoms with E-state index in [4.69, 9.17) is 23.2 Å². The van der Waals surface area contributed by atoms with E-state index in [2.05, 4.69) is 15.4 Å². The van der Waals surface area contributed by atoms with E-state index in [1.165, 1.54) is 0 Å². The Labute approximate surface area is 177 Å². The summed E-state index contributed by atoms with van der Waals surface area (Å²) < 4.78 is 1.62. The van der Waals surface area contributed by atoms with Crippen LogP contribution in [0.4, 0.5) is 5.69 Å². The first-order chi connectivity index (χ1) is 14.0. The van der Waals surface area contributed by atoms with Gasteiger partial charge in [0, 0.05) is 21.3 Å². The average molecular weight is 423 g/mol. The standard InChI is InChI=1S/C22H16Cl2N4O/c1-14-4-2-3-5-19(14)25-22(29)20-26-21(15-6-8-16(23)9-7-15)28(27-20)18-12-10-17(24)11-13-18/h2-13H,1H3,(H,25,29). The Balaban J connectivity index is 1.76. The van der Waals surface area contributed by atoms with Gasteiger partial charge in [-0.05, 0) is 67.1 Å². The van der Waals surface area contributed by atoms with Crippen LogP contribution in [0.1, 0.15) is 16.2 Å². The second-order valence-corrected chi connectivity index (χ2v) is 7.30. The number of anilines is 1. The number of halogens is 2. The van der Waals surface area contributed by atoms with Gasteiger partial charge in [-0.3, -0.25) is 4.79 Å². The molecule has 0 aliphatic rings. The number of carbonyl (C=O) groups is 1. The molecule has 29 heavy (non-hydrogen) atoms. The molecule has 0 atom stereocenters. The molecule has 0 spiro atoms. The zero-order chi connectivity index (χ0) is 20.4. The fourth-order valence-corrected chi connectivity index (χ4v) is 3.10. The molecule has 0 bridgehead atoms. The number of hydrogen-bond acceptors (Lipinski definition) is 3. The lowest BCUT2D eigenvalue weighted by molar-refractivity contribution is 0.101. The summed E-state index contributed by atoms with van der Waals surface area (Å²) in [6.07, 6.45) is 0. The Morgan fingerprint density at radius 3 is 2.17 bits per heavy atom. The van der Waals surface area contributed by atoms with Crippen molar-refractivity contribution in [3.63, 3.8) is 0 Å². The smallest absolute Gasteiger partial charge is 0.295 e. The zero-order valence-corrected chi connectivity index (χ0v) is 16.9. The van der Waals surface area contributed by atoms with Crippen LogP contribution in [0.15, 0.2) is 72.8 Å². The summed E-state index contributed by atoms with van der Waals surface area (Å²) in [6, 6.07) is 21.9. The van der Waals surface area contributed by atoms with E-state index in [1.807, 2.05) is 55.5 Å². The van der Waals surface area contributed by atoms with Crippen molar-refractivity contribution in [1.82, 2.24) is 14.8 Å². The average Bonchev–Trinajstić information content (AvgIpc) is 3.16. The predicted molar refractivity (Wildman–Crippen MR) is 116 cm³/mol. The SMILES string of the molecule is Cc1ccccc1NC(=O)c1nc(-c2ccc(Cl)cc2)n(-c2ccc(Cl)cc2)n1. The molecule has 0 radical (unpaired) electrons. The van der Waals surface area contributed by atoms with Gasteiger partial charge >= 0.3 is 0 Å². The van der Waals surface area contributed by atoms with Gasteiger partial charge in [0.2, 0.25) is 5.82 Å². The van der Waals surface area contributed by atoms with E-state index in [0.29, 0.717) is 21.6 Å². The Hall–Kier alpha value is -3.15. The van der Waals surface area contributed by atoms with Crippen LogP contribution in [0, 0.1) is 6.92 Å². The molecule has 4 rings (SSSR count). The van der Waals surface area contributed by atoms with Crippen molar-refractivity contribution in [1.29, 1.82) is 0 Å². The minimum Gasteiger partial charge on any atom is -0.319 e. The normalized spacial score (nSPS) is 10.7. The van der Waals surface area contributed by atoms with Gasteiger partial charge < -0.3 is 5.32 Å². The van der Waals surface area contributed by atoms with Gasteiger partial charge in [0.05, 0.1) is 5.69 Å². The lowest BCUT2D eigenvalue weighted by atomic mass is 10.2. The molecule has 0 aliphatic carbocycles. The van der Waals surface area contributed by atoms with Crippen LogP contribution in [0.2, 0.25) is 10.0 Å². The van der Waals surface area contributed by atoms with Crippen molar-refractivity contribution in [2.75, 3.05) is 5.32 Å². The Morgan fingerprint density at radius 1 is 0.897 bits per heavy atom. The van der Waals surface area contributed by atoms with E-state index >= 15 is 0 Å². The predicted octanol–water partition coefficient (Wildman–Crippen LogP) is 5.80. The molecule has 7 heteroatoms. The monoisotopic (exact) mass is 422 g/mol. The van der Waals surface area contributed by atoms with Crippen molar-refractivity contribution >= 4 is 34.8 Å². The molecule has 1 aromatic heterocycles. The number of amides is 1. The zero-order valence-electron chi connectivity index (χ0n) is 15.4. The van der Waals surface area contributed by atoms with Crippen molar-refractivity contribution in [2.45, 2.75) is 6.92 Å². The Bertz CT molecular complexity index is 1110. The minimum absolute atomic E-state index is 0.0631. The van der Waals surface area contributed by atoms with E-state index < -0.39 is 0 Å². The van der Waals surface area contributed by atoms with Crippen molar-refractivity contribution in [3.05, 3.63) is 94.2 Å². The largest absolute Gasteiger partial charge is 0.319 e. The second-order valence-electron chi connectivity index (χ2n) is 6.42. The van der Waals surface area contributed by atoms with Crippen molar-refractivity contribution in [2.24, 2.45) is 0 Å². The summed E-state index contributed by atoms with van der Waals surface area (Å²) in [5, 5.41) is 8.55. The lowest BCUT2D eigenvalue weighted by Crippen LogP contribution is -2.15. The third kappa shape index (κ3) is 4.16. The van der Waals surface area contributed by atoms with E-state index in [9.17, 15) is 4.79 Å². The van der Waals surface area contributed by atoms with Crippen molar-refractivity contribution < 1.29 is 4.79 Å². The Kier molecular flexibility index (Phi) is 5.34. The van der Waals surface area contributed by atoms with Gasteiger partial charge in [-0.1, -0.05) is 41.4 Å². The molecule has 1 N–H and O–H groups in total. The van der Waals surface area contributed by atoms with Gasteiger partial charge in [-0.15, -0.1) is 5.10 Å². The first-order valence-electron chi connectivity index (χ1n) is 8.87. The number of hydrogen-bond donors (Lipinski definition) is 1. The van der Waals surface area contributed by atoms with Crippen LogP contribution in [0.25, 0.3) is 17.1 Å². The van der Waals surface area contributed by atoms with Gasteiger partial charge in [0.1, 0.15) is 0 Å². The van der Waals surface area contributed by atoms with Crippen LogP contribution in [0.3, 0.4) is 0 Å². The maximum atomic E-state index is 12.8. The summed E-state index contributed by atoms with van der Waals surface area (Å²) in [7, 11) is 0. The molecule has 1 heterocycles. The van der Waals surface area contributed by atoms with Crippen LogP contribution in [0.5, 0.6) is 0 Å². The number of nitrogens with one attached hydrogen (secondary N) is 1. The highest BCUT2D eigenvalue weighted by Crippen LogP contribution is 2.24. The van der Waals surface area contributed by atoms with Crippen molar-refractivity contribution in [3.8, 4) is 17.1 Å². The highest BCUT2D eigenvalue weighted by Gasteiger charge is 2.19. The topological polar surface area (TPSA) is 59.8 Å². The molecule has 5 nitrogen and oxygen atoms in total. The maximum absolute atomic E-state index is 12.8. The van der Waals surface area contributed by atoms with E-state index in [0.717, 1.165) is 16.8 Å². The highest BCUT2D eigenvalue weighted by atomic mass is 35.5. The third-order valence-corrected chi connectivity index (χ3v) is 4.88. The summed E-state index contributed by atoms with van der Waals surface area (Å²) in [6.45, 7) is 1.93. The molecular formula is C22H16Cl2N4O. The number of benzene rings is 3. The molecule has 0 aliphatic heterocycles. The van der Waals surface area contributed by atoms with Gasteiger partial charge in [0.25, 0.3) is 5.91 Å². The molecule has 0 saturated carbocycles. The molecule has 4 aromatic rings. The fraction of sp³-hybridized carbons (Fsp3) is 0.0455. The number of rotatable bonds is 4. The maximum Gasteiger partial charge on any atom is 0.295 e. The van der Waals surface area contributed by atoms with Crippen LogP contribution < -0.4 is 5.32 Å². The molecular weight excluding hydrogens is 407 g/mol. The third-order valence-electron chi connectivity index (χ3n) is 4.38. The fourth-order valence-electron chi connectivity index (χ4n) is 2.85. The molecule has 144 valence electrons. The summed E-state index contributed by atoms with van der Waals surface area (Å²) >= 11 is 12.0. The molecule has 1 amide bonds. The summed E-state index contributed by atoms with van der Waals surface area (Å²) in [5.74, 6) is 0.203. The van der Waals surface area contributed by atoms with Crippen LogP contribution in [-0.4, -0.2) is 20.7 Å². The van der Waals surface area contributed by atoms with Crippen LogP contribution >= 0.6 is 23.2 Å². The quantitative estimate of drug-likeness (QED) is 0.451. The van der Waals surface area contributed by atoms with Gasteiger partial charge in [-0.25, -0.2) is 9.67 Å². The second kappa shape index (κ2) is 8.07. The number of aryl methyl sites for hydroxylation is 1. The molecule has 0 saturated heterocycles. The molecule has 0 fully saturated rings. The van der Waals surface area contributed by atoms with Crippen LogP contribution in [-0.2, 0) is 0 Å². The number of nitrogens with zero attached hydrogens (tertiary/aromatic N) is 3. The number of carbonyl (C=O) groups excluding carboxylic acids is 1. The molecule has 3 aromatic carbocycles. The lowest BCUT2D eigenvalue weighted by Gasteiger charge is -2.06. The summed E-state index contributed by atoms with van der Waals surface area (Å²) in [4.78, 5) is 17.3. The van der Waals surface area contributed by atoms with E-state index in [-0.39, 0.29) is 11.7 Å². The van der Waals surface area contributed by atoms with Gasteiger partial charge in [-0.2, -0.15) is 0 Å². The van der Waals surface area contributed by atoms with E-state index in [1.54, 1.807) is 28.9 Å². The molecule has 0 unspecified atom stereocenters. The Morgan fingerprint density at radius 2 is 1.52 bits per heavy atom. The first-order valence-corrected chi connectivity index (χ1v) is 9.63. The number of para-hydroxylation sites is 1. The number of aromatic nitrogens is 3. The summed E-state index contributed by atoms with van der Waals surface area (Å²) in [5.41, 5.74) is 3.19. The first kappa shape index (κ1) is 19.2.